The smallest absolute Gasteiger partial charge is 0.251 e. The molecule has 1 fully saturated rings. The Morgan fingerprint density at radius 2 is 1.47 bits per heavy atom. The van der Waals surface area contributed by atoms with E-state index >= 15 is 0 Å². The minimum Gasteiger partial charge on any atom is -0.399 e. The van der Waals surface area contributed by atoms with Crippen molar-refractivity contribution < 1.29 is 14.3 Å². The van der Waals surface area contributed by atoms with Gasteiger partial charge in [0.05, 0.1) is 18.8 Å². The van der Waals surface area contributed by atoms with Gasteiger partial charge in [-0.05, 0) is 49.4 Å². The van der Waals surface area contributed by atoms with Gasteiger partial charge in [-0.25, -0.2) is 9.97 Å². The van der Waals surface area contributed by atoms with Crippen molar-refractivity contribution in [1.82, 2.24) is 20.6 Å². The number of amides is 1. The Morgan fingerprint density at radius 3 is 1.91 bits per heavy atom. The molecule has 1 saturated carbocycles. The fraction of sp³-hybridized carbons (Fsp3) is 0.471. The number of anilines is 2. The number of nitrogens with two attached hydrogens (primary N) is 1. The molecular weight excluding hydrogens is 540 g/mol. The third kappa shape index (κ3) is 15.3. The third-order valence-electron chi connectivity index (χ3n) is 6.55. The lowest BCUT2D eigenvalue weighted by molar-refractivity contribution is -0.0980. The molecule has 0 spiro atoms. The molecule has 3 aromatic rings. The fourth-order valence-electron chi connectivity index (χ4n) is 4.17. The first-order chi connectivity index (χ1) is 20.9. The van der Waals surface area contributed by atoms with Gasteiger partial charge in [0, 0.05) is 43.4 Å². The molecule has 1 aliphatic rings. The molecule has 9 heteroatoms. The second kappa shape index (κ2) is 22.7. The van der Waals surface area contributed by atoms with Crippen LogP contribution in [0.5, 0.6) is 0 Å². The van der Waals surface area contributed by atoms with Gasteiger partial charge >= 0.3 is 0 Å². The van der Waals surface area contributed by atoms with Gasteiger partial charge in [0.1, 0.15) is 18.4 Å². The quantitative estimate of drug-likeness (QED) is 0.161. The maximum absolute atomic E-state index is 12.6. The second-order valence-electron chi connectivity index (χ2n) is 10.4. The van der Waals surface area contributed by atoms with E-state index in [1.54, 1.807) is 7.11 Å². The molecule has 9 nitrogen and oxygen atoms in total. The Kier molecular flexibility index (Phi) is 19.7. The lowest BCUT2D eigenvalue weighted by Gasteiger charge is -2.12. The molecule has 0 bridgehead atoms. The summed E-state index contributed by atoms with van der Waals surface area (Å²) in [6.45, 7) is 11.0. The van der Waals surface area contributed by atoms with Crippen LogP contribution < -0.4 is 21.7 Å². The molecule has 0 radical (unpaired) electrons. The third-order valence-corrected chi connectivity index (χ3v) is 6.55. The van der Waals surface area contributed by atoms with Gasteiger partial charge in [-0.3, -0.25) is 4.79 Å². The fourth-order valence-corrected chi connectivity index (χ4v) is 4.17. The number of carbonyl (C=O) groups is 2. The molecule has 2 aromatic carbocycles. The highest BCUT2D eigenvalue weighted by Crippen LogP contribution is 2.21. The number of aromatic nitrogens is 2. The summed E-state index contributed by atoms with van der Waals surface area (Å²) in [5.74, 6) is 1.62. The van der Waals surface area contributed by atoms with Crippen molar-refractivity contribution >= 4 is 24.2 Å². The average Bonchev–Trinajstić information content (AvgIpc) is 3.05. The lowest BCUT2D eigenvalue weighted by Crippen LogP contribution is -2.24. The average molecular weight is 593 g/mol. The number of hydrogen-bond acceptors (Lipinski definition) is 8. The number of methoxy groups -OCH3 is 1. The Balaban J connectivity index is 0.000000545. The van der Waals surface area contributed by atoms with Crippen LogP contribution in [-0.4, -0.2) is 56.5 Å². The Labute approximate surface area is 258 Å². The first kappa shape index (κ1) is 37.2. The van der Waals surface area contributed by atoms with Crippen molar-refractivity contribution in [3.63, 3.8) is 0 Å². The van der Waals surface area contributed by atoms with Crippen LogP contribution in [0.4, 0.5) is 11.5 Å². The molecule has 0 atom stereocenters. The summed E-state index contributed by atoms with van der Waals surface area (Å²) in [6.07, 6.45) is 9.00. The molecule has 43 heavy (non-hydrogen) atoms. The number of carbonyl (C=O) groups excluding carboxylic acids is 2. The van der Waals surface area contributed by atoms with Crippen molar-refractivity contribution in [1.29, 1.82) is 0 Å². The van der Waals surface area contributed by atoms with E-state index in [-0.39, 0.29) is 11.8 Å². The van der Waals surface area contributed by atoms with Gasteiger partial charge in [-0.2, -0.15) is 0 Å². The maximum atomic E-state index is 12.6. The molecule has 1 aliphatic carbocycles. The van der Waals surface area contributed by atoms with Crippen LogP contribution in [0.15, 0.2) is 54.6 Å². The summed E-state index contributed by atoms with van der Waals surface area (Å²) in [6, 6.07) is 17.1. The maximum Gasteiger partial charge on any atom is 0.251 e. The van der Waals surface area contributed by atoms with Crippen molar-refractivity contribution in [2.45, 2.75) is 71.8 Å². The van der Waals surface area contributed by atoms with Crippen LogP contribution in [0.1, 0.15) is 87.1 Å². The zero-order chi connectivity index (χ0) is 31.9. The highest BCUT2D eigenvalue weighted by molar-refractivity contribution is 5.94. The molecule has 0 saturated heterocycles. The van der Waals surface area contributed by atoms with Gasteiger partial charge < -0.3 is 31.2 Å². The minimum absolute atomic E-state index is 0.136. The van der Waals surface area contributed by atoms with Gasteiger partial charge in [0.15, 0.2) is 0 Å². The largest absolute Gasteiger partial charge is 0.399 e. The predicted octanol–water partition coefficient (Wildman–Crippen LogP) is 6.22. The summed E-state index contributed by atoms with van der Waals surface area (Å²) in [4.78, 5) is 29.6. The summed E-state index contributed by atoms with van der Waals surface area (Å²) in [5.41, 5.74) is 9.95. The van der Waals surface area contributed by atoms with Gasteiger partial charge in [0.2, 0.25) is 0 Å². The second-order valence-corrected chi connectivity index (χ2v) is 10.4. The van der Waals surface area contributed by atoms with E-state index in [1.165, 1.54) is 38.5 Å². The number of rotatable bonds is 10. The van der Waals surface area contributed by atoms with Crippen LogP contribution in [0.25, 0.3) is 11.1 Å². The van der Waals surface area contributed by atoms with Crippen molar-refractivity contribution in [3.8, 4) is 11.1 Å². The number of likely N-dealkylation sites (N-methyl/N-ethyl adjacent to an activating group) is 1. The molecule has 1 amide bonds. The summed E-state index contributed by atoms with van der Waals surface area (Å²) in [7, 11) is 3.59. The first-order valence-electron chi connectivity index (χ1n) is 15.2. The first-order valence-corrected chi connectivity index (χ1v) is 15.2. The number of nitrogens with zero attached hydrogens (tertiary/aromatic N) is 2. The van der Waals surface area contributed by atoms with Crippen molar-refractivity contribution in [2.24, 2.45) is 0 Å². The Morgan fingerprint density at radius 1 is 0.930 bits per heavy atom. The van der Waals surface area contributed by atoms with E-state index in [0.29, 0.717) is 12.1 Å². The van der Waals surface area contributed by atoms with E-state index in [4.69, 9.17) is 15.3 Å². The van der Waals surface area contributed by atoms with E-state index < -0.39 is 0 Å². The van der Waals surface area contributed by atoms with Crippen LogP contribution in [0.3, 0.4) is 0 Å². The predicted molar refractivity (Wildman–Crippen MR) is 178 cm³/mol. The summed E-state index contributed by atoms with van der Waals surface area (Å²) < 4.78 is 4.72. The highest BCUT2D eigenvalue weighted by atomic mass is 16.5. The zero-order valence-electron chi connectivity index (χ0n) is 26.7. The van der Waals surface area contributed by atoms with Crippen LogP contribution >= 0.6 is 0 Å². The summed E-state index contributed by atoms with van der Waals surface area (Å²) >= 11 is 0. The van der Waals surface area contributed by atoms with Crippen LogP contribution in [0, 0.1) is 0 Å². The van der Waals surface area contributed by atoms with E-state index in [1.807, 2.05) is 75.4 Å². The molecule has 0 unspecified atom stereocenters. The van der Waals surface area contributed by atoms with Crippen LogP contribution in [0.2, 0.25) is 0 Å². The van der Waals surface area contributed by atoms with Crippen molar-refractivity contribution in [2.75, 3.05) is 44.9 Å². The minimum atomic E-state index is -0.136. The Bertz CT molecular complexity index is 1130. The number of nitrogen functional groups attached to an aromatic ring is 1. The topological polar surface area (TPSA) is 131 Å². The normalized spacial score (nSPS) is 12.0. The van der Waals surface area contributed by atoms with Gasteiger partial charge in [0.25, 0.3) is 5.91 Å². The monoisotopic (exact) mass is 592 g/mol. The number of ether oxygens (including phenoxy) is 1. The zero-order valence-corrected chi connectivity index (χ0v) is 26.7. The van der Waals surface area contributed by atoms with E-state index in [9.17, 15) is 4.79 Å². The van der Waals surface area contributed by atoms with E-state index in [0.717, 1.165) is 53.8 Å². The van der Waals surface area contributed by atoms with Crippen molar-refractivity contribution in [3.05, 3.63) is 71.7 Å². The molecule has 4 rings (SSSR count). The summed E-state index contributed by atoms with van der Waals surface area (Å²) in [5, 5.41) is 9.10. The molecule has 0 aliphatic heterocycles. The SMILES string of the molecule is C1CCCCC1.C=O.CCNc1cc(CNC(=O)c2ccc(-c3ccc(N)cc3)cc2)nc(C(C)C)n1.CNCCOC. The molecular formula is C34H52N6O3. The number of hydrogen-bond donors (Lipinski definition) is 4. The molecule has 5 N–H and O–H groups in total. The Hall–Kier alpha value is -3.82. The number of benzene rings is 2. The van der Waals surface area contributed by atoms with Crippen LogP contribution in [-0.2, 0) is 16.1 Å². The highest BCUT2D eigenvalue weighted by Gasteiger charge is 2.10. The van der Waals surface area contributed by atoms with Gasteiger partial charge in [-0.15, -0.1) is 0 Å². The van der Waals surface area contributed by atoms with E-state index in [2.05, 4.69) is 39.8 Å². The number of nitrogens with one attached hydrogen (secondary N) is 3. The standard InChI is InChI=1S/C23H27N5O.C6H12.C4H11NO.CH2O/c1-4-25-21-13-20(27-22(28-21)15(2)3)14-26-23(29)18-7-5-16(6-8-18)17-9-11-19(24)12-10-17;1-2-4-6-5-3-1;1-5-3-4-6-2;1-2/h5-13,15H,4,14,24H2,1-3H3,(H,26,29)(H,25,27,28);1-6H2;5H,3-4H2,1-2H3;1H2. The lowest BCUT2D eigenvalue weighted by atomic mass is 10.0. The molecule has 236 valence electrons. The molecule has 1 heterocycles. The van der Waals surface area contributed by atoms with Gasteiger partial charge in [-0.1, -0.05) is 76.6 Å². The molecule has 1 aromatic heterocycles.